The third-order valence-electron chi connectivity index (χ3n) is 5.20. The largest absolute Gasteiger partial charge is 0.490 e. The highest BCUT2D eigenvalue weighted by Crippen LogP contribution is 2.39. The summed E-state index contributed by atoms with van der Waals surface area (Å²) in [4.78, 5) is 22.0. The normalized spacial score (nSPS) is 11.1. The molecule has 2 aromatic carbocycles. The van der Waals surface area contributed by atoms with E-state index in [1.807, 2.05) is 57.2 Å². The smallest absolute Gasteiger partial charge is 0.258 e. The molecule has 8 nitrogen and oxygen atoms in total. The Hall–Kier alpha value is -4.07. The van der Waals surface area contributed by atoms with Crippen LogP contribution in [0.5, 0.6) is 17.2 Å². The molecule has 0 aliphatic heterocycles. The zero-order valence-electron chi connectivity index (χ0n) is 21.3. The number of amides is 1. The molecule has 0 bridgehead atoms. The fourth-order valence-corrected chi connectivity index (χ4v) is 3.43. The van der Waals surface area contributed by atoms with Crippen molar-refractivity contribution in [2.24, 2.45) is 4.99 Å². The quantitative estimate of drug-likeness (QED) is 0.282. The van der Waals surface area contributed by atoms with Crippen LogP contribution in [0.4, 0.5) is 5.69 Å². The molecule has 1 aromatic heterocycles. The van der Waals surface area contributed by atoms with Crippen molar-refractivity contribution in [2.45, 2.75) is 40.7 Å². The van der Waals surface area contributed by atoms with Crippen LogP contribution in [-0.4, -0.2) is 36.7 Å². The van der Waals surface area contributed by atoms with E-state index in [-0.39, 0.29) is 5.91 Å². The molecular weight excluding hydrogens is 456 g/mol. The number of carbonyl (C=O) groups excluding carboxylic acids is 1. The molecule has 8 heteroatoms. The summed E-state index contributed by atoms with van der Waals surface area (Å²) in [6.45, 7) is 9.40. The first-order chi connectivity index (χ1) is 17.6. The Morgan fingerprint density at radius 1 is 0.833 bits per heavy atom. The Labute approximate surface area is 212 Å². The minimum absolute atomic E-state index is 0.325. The van der Waals surface area contributed by atoms with Gasteiger partial charge in [0, 0.05) is 23.6 Å². The fourth-order valence-electron chi connectivity index (χ4n) is 3.43. The van der Waals surface area contributed by atoms with Gasteiger partial charge in [-0.05, 0) is 74.7 Å². The number of rotatable bonds is 11. The van der Waals surface area contributed by atoms with Gasteiger partial charge in [0.2, 0.25) is 11.7 Å². The van der Waals surface area contributed by atoms with E-state index < -0.39 is 0 Å². The van der Waals surface area contributed by atoms with Crippen LogP contribution < -0.4 is 24.8 Å². The van der Waals surface area contributed by atoms with E-state index in [9.17, 15) is 4.79 Å². The zero-order valence-corrected chi connectivity index (χ0v) is 21.3. The zero-order chi connectivity index (χ0) is 25.8. The number of pyridine rings is 1. The summed E-state index contributed by atoms with van der Waals surface area (Å²) < 4.78 is 17.3. The molecule has 2 N–H and O–H groups in total. The maximum Gasteiger partial charge on any atom is 0.258 e. The van der Waals surface area contributed by atoms with Gasteiger partial charge in [-0.3, -0.25) is 15.1 Å². The molecule has 0 unspecified atom stereocenters. The molecule has 0 spiro atoms. The summed E-state index contributed by atoms with van der Waals surface area (Å²) in [5, 5.41) is 6.13. The van der Waals surface area contributed by atoms with Crippen molar-refractivity contribution in [1.82, 2.24) is 10.3 Å². The average Bonchev–Trinajstić information content (AvgIpc) is 2.90. The van der Waals surface area contributed by atoms with Crippen LogP contribution in [0.2, 0.25) is 0 Å². The molecule has 190 valence electrons. The van der Waals surface area contributed by atoms with Gasteiger partial charge in [0.15, 0.2) is 11.5 Å². The molecule has 0 aliphatic rings. The molecular formula is C28H34N4O4. The third-order valence-corrected chi connectivity index (χ3v) is 5.20. The molecule has 0 saturated carbocycles. The Morgan fingerprint density at radius 2 is 1.44 bits per heavy atom. The van der Waals surface area contributed by atoms with Gasteiger partial charge in [-0.1, -0.05) is 19.1 Å². The van der Waals surface area contributed by atoms with Gasteiger partial charge >= 0.3 is 0 Å². The molecule has 0 aliphatic carbocycles. The van der Waals surface area contributed by atoms with E-state index in [4.69, 9.17) is 14.2 Å². The minimum Gasteiger partial charge on any atom is -0.490 e. The van der Waals surface area contributed by atoms with Crippen LogP contribution in [0.15, 0.2) is 65.9 Å². The van der Waals surface area contributed by atoms with Crippen LogP contribution in [0, 0.1) is 0 Å². The Balaban J connectivity index is 1.90. The van der Waals surface area contributed by atoms with E-state index in [2.05, 4.69) is 27.5 Å². The van der Waals surface area contributed by atoms with E-state index in [1.165, 1.54) is 5.56 Å². The first-order valence-corrected chi connectivity index (χ1v) is 12.2. The van der Waals surface area contributed by atoms with Crippen molar-refractivity contribution in [1.29, 1.82) is 0 Å². The van der Waals surface area contributed by atoms with E-state index in [1.54, 1.807) is 24.5 Å². The van der Waals surface area contributed by atoms with Crippen molar-refractivity contribution in [3.8, 4) is 17.2 Å². The molecule has 36 heavy (non-hydrogen) atoms. The topological polar surface area (TPSA) is 94.1 Å². The number of carbonyl (C=O) groups is 1. The number of aromatic nitrogens is 1. The minimum atomic E-state index is -0.355. The number of hydrogen-bond donors (Lipinski definition) is 2. The monoisotopic (exact) mass is 490 g/mol. The van der Waals surface area contributed by atoms with Crippen LogP contribution >= 0.6 is 0 Å². The first kappa shape index (κ1) is 26.5. The van der Waals surface area contributed by atoms with Gasteiger partial charge in [-0.25, -0.2) is 4.99 Å². The maximum atomic E-state index is 13.3. The Morgan fingerprint density at radius 3 is 2.00 bits per heavy atom. The highest BCUT2D eigenvalue weighted by Gasteiger charge is 2.19. The van der Waals surface area contributed by atoms with Crippen LogP contribution in [0.25, 0.3) is 0 Å². The highest BCUT2D eigenvalue weighted by molar-refractivity contribution is 6.10. The molecule has 3 aromatic rings. The predicted octanol–water partition coefficient (Wildman–Crippen LogP) is 5.24. The second-order valence-corrected chi connectivity index (χ2v) is 7.75. The summed E-state index contributed by atoms with van der Waals surface area (Å²) in [5.74, 6) is 1.36. The molecule has 1 amide bonds. The summed E-state index contributed by atoms with van der Waals surface area (Å²) in [6.07, 6.45) is 4.37. The lowest BCUT2D eigenvalue weighted by Crippen LogP contribution is -2.36. The summed E-state index contributed by atoms with van der Waals surface area (Å²) >= 11 is 0. The molecule has 0 saturated heterocycles. The van der Waals surface area contributed by atoms with E-state index >= 15 is 0 Å². The van der Waals surface area contributed by atoms with Crippen molar-refractivity contribution in [3.63, 3.8) is 0 Å². The Kier molecular flexibility index (Phi) is 10.1. The molecule has 3 rings (SSSR count). The van der Waals surface area contributed by atoms with Gasteiger partial charge < -0.3 is 19.5 Å². The second-order valence-electron chi connectivity index (χ2n) is 7.75. The van der Waals surface area contributed by atoms with Crippen molar-refractivity contribution in [2.75, 3.05) is 25.1 Å². The van der Waals surface area contributed by atoms with Crippen molar-refractivity contribution < 1.29 is 19.0 Å². The van der Waals surface area contributed by atoms with E-state index in [0.717, 1.165) is 17.7 Å². The van der Waals surface area contributed by atoms with Gasteiger partial charge in [0.1, 0.15) is 0 Å². The number of hydrogen-bond acceptors (Lipinski definition) is 6. The number of ether oxygens (including phenoxy) is 3. The van der Waals surface area contributed by atoms with Gasteiger partial charge in [-0.2, -0.15) is 0 Å². The number of nitrogens with one attached hydrogen (secondary N) is 2. The molecule has 0 radical (unpaired) electrons. The molecule has 0 atom stereocenters. The number of aryl methyl sites for hydroxylation is 1. The lowest BCUT2D eigenvalue weighted by Gasteiger charge is -2.17. The SMILES string of the molecule is CCOc1cc(C(=O)NC(=NCc2ccncc2)Nc2ccc(CC)cc2)cc(OCC)c1OCC. The van der Waals surface area contributed by atoms with Gasteiger partial charge in [0.05, 0.1) is 26.4 Å². The fraction of sp³-hybridized carbons (Fsp3) is 0.321. The number of nitrogens with zero attached hydrogens (tertiary/aromatic N) is 2. The lowest BCUT2D eigenvalue weighted by atomic mass is 10.1. The predicted molar refractivity (Wildman–Crippen MR) is 142 cm³/mol. The summed E-state index contributed by atoms with van der Waals surface area (Å²) in [5.41, 5.74) is 3.38. The lowest BCUT2D eigenvalue weighted by molar-refractivity contribution is 0.0975. The van der Waals surface area contributed by atoms with Crippen LogP contribution in [0.3, 0.4) is 0 Å². The molecule has 0 fully saturated rings. The number of anilines is 1. The van der Waals surface area contributed by atoms with Crippen molar-refractivity contribution >= 4 is 17.6 Å². The van der Waals surface area contributed by atoms with Crippen LogP contribution in [0.1, 0.15) is 49.2 Å². The second kappa shape index (κ2) is 13.7. The third kappa shape index (κ3) is 7.46. The highest BCUT2D eigenvalue weighted by atomic mass is 16.5. The first-order valence-electron chi connectivity index (χ1n) is 12.2. The number of guanidine groups is 1. The Bertz CT molecular complexity index is 1120. The number of aliphatic imine (C=N–C) groups is 1. The average molecular weight is 491 g/mol. The van der Waals surface area contributed by atoms with Crippen LogP contribution in [-0.2, 0) is 13.0 Å². The summed E-state index contributed by atoms with van der Waals surface area (Å²) in [6, 6.07) is 15.1. The number of benzene rings is 2. The van der Waals surface area contributed by atoms with Crippen molar-refractivity contribution in [3.05, 3.63) is 77.6 Å². The summed E-state index contributed by atoms with van der Waals surface area (Å²) in [7, 11) is 0. The van der Waals surface area contributed by atoms with E-state index in [0.29, 0.717) is 55.1 Å². The molecule has 1 heterocycles. The van der Waals surface area contributed by atoms with Gasteiger partial charge in [-0.15, -0.1) is 0 Å². The maximum absolute atomic E-state index is 13.3. The standard InChI is InChI=1S/C28H34N4O4/c1-5-20-9-11-23(12-10-20)31-28(30-19-21-13-15-29-16-14-21)32-27(33)22-17-24(34-6-2)26(36-8-4)25(18-22)35-7-3/h9-18H,5-8,19H2,1-4H3,(H2,30,31,32,33). The van der Waals surface area contributed by atoms with Gasteiger partial charge in [0.25, 0.3) is 5.91 Å².